The molecule has 3 nitrogen and oxygen atoms in total. The fraction of sp³-hybridized carbons (Fsp3) is 0.167. The number of pyridine rings is 1. The molecule has 0 saturated heterocycles. The molecule has 0 bridgehead atoms. The molecule has 0 aliphatic heterocycles. The summed E-state index contributed by atoms with van der Waals surface area (Å²) in [5.41, 5.74) is 4.03. The Bertz CT molecular complexity index is 652. The van der Waals surface area contributed by atoms with Crippen molar-refractivity contribution in [1.82, 2.24) is 15.2 Å². The minimum Gasteiger partial charge on any atom is -0.280 e. The molecular formula is C12H11N3. The summed E-state index contributed by atoms with van der Waals surface area (Å²) < 4.78 is 0. The van der Waals surface area contributed by atoms with Gasteiger partial charge in [0.15, 0.2) is 0 Å². The van der Waals surface area contributed by atoms with Gasteiger partial charge in [0, 0.05) is 16.5 Å². The first-order valence-corrected chi connectivity index (χ1v) is 4.97. The van der Waals surface area contributed by atoms with Crippen LogP contribution in [0.15, 0.2) is 24.3 Å². The van der Waals surface area contributed by atoms with Crippen LogP contribution >= 0.6 is 0 Å². The summed E-state index contributed by atoms with van der Waals surface area (Å²) in [6.07, 6.45) is 0. The van der Waals surface area contributed by atoms with E-state index >= 15 is 0 Å². The molecule has 3 heteroatoms. The Balaban J connectivity index is 2.65. The van der Waals surface area contributed by atoms with Gasteiger partial charge in [0.2, 0.25) is 0 Å². The number of aromatic nitrogens is 3. The first-order chi connectivity index (χ1) is 7.27. The van der Waals surface area contributed by atoms with Crippen molar-refractivity contribution < 1.29 is 0 Å². The normalized spacial score (nSPS) is 11.3. The van der Waals surface area contributed by atoms with Gasteiger partial charge in [-0.2, -0.15) is 5.10 Å². The minimum atomic E-state index is 0.966. The maximum atomic E-state index is 4.57. The van der Waals surface area contributed by atoms with Gasteiger partial charge in [-0.15, -0.1) is 0 Å². The highest BCUT2D eigenvalue weighted by Gasteiger charge is 2.08. The van der Waals surface area contributed by atoms with Gasteiger partial charge in [-0.3, -0.25) is 5.10 Å². The fourth-order valence-corrected chi connectivity index (χ4v) is 1.98. The second kappa shape index (κ2) is 2.79. The van der Waals surface area contributed by atoms with E-state index in [0.29, 0.717) is 0 Å². The Labute approximate surface area is 87.1 Å². The van der Waals surface area contributed by atoms with Crippen molar-refractivity contribution in [2.24, 2.45) is 0 Å². The van der Waals surface area contributed by atoms with Gasteiger partial charge in [-0.1, -0.05) is 24.3 Å². The van der Waals surface area contributed by atoms with Crippen LogP contribution in [0, 0.1) is 13.8 Å². The molecule has 2 aromatic heterocycles. The van der Waals surface area contributed by atoms with Crippen LogP contribution in [0.2, 0.25) is 0 Å². The van der Waals surface area contributed by atoms with Gasteiger partial charge in [0.05, 0.1) is 5.69 Å². The van der Waals surface area contributed by atoms with E-state index in [1.165, 1.54) is 10.8 Å². The monoisotopic (exact) mass is 197 g/mol. The van der Waals surface area contributed by atoms with Crippen LogP contribution in [0.3, 0.4) is 0 Å². The fourth-order valence-electron chi connectivity index (χ4n) is 1.98. The summed E-state index contributed by atoms with van der Waals surface area (Å²) in [6, 6.07) is 8.24. The third-order valence-electron chi connectivity index (χ3n) is 2.77. The lowest BCUT2D eigenvalue weighted by atomic mass is 10.1. The third kappa shape index (κ3) is 1.06. The second-order valence-electron chi connectivity index (χ2n) is 3.79. The summed E-state index contributed by atoms with van der Waals surface area (Å²) in [4.78, 5) is 4.57. The highest BCUT2D eigenvalue weighted by molar-refractivity contribution is 6.04. The van der Waals surface area contributed by atoms with E-state index in [-0.39, 0.29) is 0 Å². The highest BCUT2D eigenvalue weighted by Crippen LogP contribution is 2.25. The number of benzene rings is 1. The SMILES string of the molecule is Cc1nc2c(C)[nH]nc2c2ccccc12. The van der Waals surface area contributed by atoms with Crippen LogP contribution in [0.25, 0.3) is 21.8 Å². The maximum Gasteiger partial charge on any atom is 0.119 e. The molecule has 2 heterocycles. The van der Waals surface area contributed by atoms with E-state index in [2.05, 4.69) is 27.3 Å². The summed E-state index contributed by atoms with van der Waals surface area (Å²) in [5, 5.41) is 9.63. The first kappa shape index (κ1) is 8.41. The summed E-state index contributed by atoms with van der Waals surface area (Å²) >= 11 is 0. The molecule has 1 N–H and O–H groups in total. The lowest BCUT2D eigenvalue weighted by Gasteiger charge is -2.01. The third-order valence-corrected chi connectivity index (χ3v) is 2.77. The Morgan fingerprint density at radius 2 is 1.73 bits per heavy atom. The predicted molar refractivity (Wildman–Crippen MR) is 60.9 cm³/mol. The van der Waals surface area contributed by atoms with Gasteiger partial charge in [-0.25, -0.2) is 4.98 Å². The van der Waals surface area contributed by atoms with Gasteiger partial charge in [-0.05, 0) is 13.8 Å². The molecule has 0 aliphatic carbocycles. The van der Waals surface area contributed by atoms with Crippen molar-refractivity contribution in [1.29, 1.82) is 0 Å². The summed E-state index contributed by atoms with van der Waals surface area (Å²) in [6.45, 7) is 4.03. The Kier molecular flexibility index (Phi) is 1.57. The van der Waals surface area contributed by atoms with Crippen molar-refractivity contribution in [2.45, 2.75) is 13.8 Å². The number of nitrogens with zero attached hydrogens (tertiary/aromatic N) is 2. The molecule has 3 aromatic rings. The van der Waals surface area contributed by atoms with Crippen molar-refractivity contribution in [3.8, 4) is 0 Å². The molecule has 0 unspecified atom stereocenters. The van der Waals surface area contributed by atoms with Crippen LogP contribution < -0.4 is 0 Å². The summed E-state index contributed by atoms with van der Waals surface area (Å²) in [7, 11) is 0. The van der Waals surface area contributed by atoms with E-state index in [4.69, 9.17) is 0 Å². The molecule has 1 aromatic carbocycles. The largest absolute Gasteiger partial charge is 0.280 e. The minimum absolute atomic E-state index is 0.966. The predicted octanol–water partition coefficient (Wildman–Crippen LogP) is 2.73. The van der Waals surface area contributed by atoms with Gasteiger partial charge >= 0.3 is 0 Å². The lowest BCUT2D eigenvalue weighted by molar-refractivity contribution is 1.07. The molecule has 0 atom stereocenters. The van der Waals surface area contributed by atoms with Gasteiger partial charge in [0.1, 0.15) is 11.0 Å². The number of aryl methyl sites for hydroxylation is 2. The van der Waals surface area contributed by atoms with Gasteiger partial charge < -0.3 is 0 Å². The number of aromatic amines is 1. The molecule has 0 saturated carbocycles. The van der Waals surface area contributed by atoms with Crippen molar-refractivity contribution in [3.05, 3.63) is 35.7 Å². The van der Waals surface area contributed by atoms with E-state index in [9.17, 15) is 0 Å². The van der Waals surface area contributed by atoms with Crippen molar-refractivity contribution in [3.63, 3.8) is 0 Å². The molecule has 0 amide bonds. The molecule has 0 spiro atoms. The van der Waals surface area contributed by atoms with Crippen LogP contribution in [-0.4, -0.2) is 15.2 Å². The zero-order valence-electron chi connectivity index (χ0n) is 8.70. The zero-order chi connectivity index (χ0) is 10.4. The Morgan fingerprint density at radius 3 is 2.53 bits per heavy atom. The molecule has 3 rings (SSSR count). The van der Waals surface area contributed by atoms with E-state index in [1.807, 2.05) is 26.0 Å². The highest BCUT2D eigenvalue weighted by atomic mass is 15.1. The van der Waals surface area contributed by atoms with Crippen LogP contribution in [-0.2, 0) is 0 Å². The molecule has 74 valence electrons. The lowest BCUT2D eigenvalue weighted by Crippen LogP contribution is -1.86. The average molecular weight is 197 g/mol. The quantitative estimate of drug-likeness (QED) is 0.602. The number of hydrogen-bond donors (Lipinski definition) is 1. The van der Waals surface area contributed by atoms with Crippen LogP contribution in [0.4, 0.5) is 0 Å². The molecule has 0 fully saturated rings. The number of fused-ring (bicyclic) bond motifs is 3. The van der Waals surface area contributed by atoms with E-state index in [1.54, 1.807) is 0 Å². The number of rotatable bonds is 0. The molecular weight excluding hydrogens is 186 g/mol. The van der Waals surface area contributed by atoms with Crippen LogP contribution in [0.5, 0.6) is 0 Å². The Hall–Kier alpha value is -1.90. The van der Waals surface area contributed by atoms with E-state index < -0.39 is 0 Å². The van der Waals surface area contributed by atoms with Crippen LogP contribution in [0.1, 0.15) is 11.4 Å². The standard InChI is InChI=1S/C12H11N3/c1-7-9-5-3-4-6-10(9)12-11(13-7)8(2)14-15-12/h3-6H,1-2H3,(H,14,15). The first-order valence-electron chi connectivity index (χ1n) is 4.97. The van der Waals surface area contributed by atoms with E-state index in [0.717, 1.165) is 22.4 Å². The molecule has 15 heavy (non-hydrogen) atoms. The molecule has 0 aliphatic rings. The summed E-state index contributed by atoms with van der Waals surface area (Å²) in [5.74, 6) is 0. The topological polar surface area (TPSA) is 41.6 Å². The zero-order valence-corrected chi connectivity index (χ0v) is 8.70. The maximum absolute atomic E-state index is 4.57. The Morgan fingerprint density at radius 1 is 1.00 bits per heavy atom. The number of H-pyrrole nitrogens is 1. The number of nitrogens with one attached hydrogen (secondary N) is 1. The van der Waals surface area contributed by atoms with Crippen molar-refractivity contribution >= 4 is 21.8 Å². The number of hydrogen-bond acceptors (Lipinski definition) is 2. The second-order valence-corrected chi connectivity index (χ2v) is 3.79. The average Bonchev–Trinajstić information content (AvgIpc) is 2.62. The molecule has 0 radical (unpaired) electrons. The smallest absolute Gasteiger partial charge is 0.119 e. The van der Waals surface area contributed by atoms with Crippen molar-refractivity contribution in [2.75, 3.05) is 0 Å². The van der Waals surface area contributed by atoms with Gasteiger partial charge in [0.25, 0.3) is 0 Å².